The first kappa shape index (κ1) is 23.9. The zero-order chi connectivity index (χ0) is 20.1. The van der Waals surface area contributed by atoms with Crippen molar-refractivity contribution in [2.75, 3.05) is 0 Å². The molecule has 0 aromatic carbocycles. The van der Waals surface area contributed by atoms with E-state index in [0.717, 1.165) is 25.7 Å². The number of rotatable bonds is 14. The van der Waals surface area contributed by atoms with Crippen LogP contribution in [0.2, 0.25) is 0 Å². The van der Waals surface area contributed by atoms with Crippen molar-refractivity contribution in [1.29, 1.82) is 0 Å². The second-order valence-electron chi connectivity index (χ2n) is 7.76. The van der Waals surface area contributed by atoms with Gasteiger partial charge in [0.2, 0.25) is 0 Å². The molecule has 1 rings (SSSR count). The molecule has 1 fully saturated rings. The van der Waals surface area contributed by atoms with E-state index in [0.29, 0.717) is 19.3 Å². The van der Waals surface area contributed by atoms with Crippen LogP contribution >= 0.6 is 0 Å². The molecule has 0 radical (unpaired) electrons. The average molecular weight is 383 g/mol. The van der Waals surface area contributed by atoms with E-state index in [1.807, 2.05) is 12.2 Å². The maximum Gasteiger partial charge on any atom is 0.303 e. The van der Waals surface area contributed by atoms with E-state index in [-0.39, 0.29) is 18.3 Å². The van der Waals surface area contributed by atoms with Gasteiger partial charge in [0.15, 0.2) is 0 Å². The molecule has 0 spiro atoms. The van der Waals surface area contributed by atoms with Gasteiger partial charge in [-0.25, -0.2) is 0 Å². The highest BCUT2D eigenvalue weighted by molar-refractivity contribution is 5.66. The Morgan fingerprint density at radius 2 is 1.85 bits per heavy atom. The Morgan fingerprint density at radius 1 is 1.07 bits per heavy atom. The zero-order valence-corrected chi connectivity index (χ0v) is 16.7. The van der Waals surface area contributed by atoms with Crippen molar-refractivity contribution >= 4 is 5.97 Å². The molecule has 1 aliphatic rings. The van der Waals surface area contributed by atoms with E-state index in [4.69, 9.17) is 5.11 Å². The Morgan fingerprint density at radius 3 is 2.56 bits per heavy atom. The van der Waals surface area contributed by atoms with Crippen LogP contribution in [0.15, 0.2) is 24.3 Å². The van der Waals surface area contributed by atoms with Crippen LogP contribution in [-0.4, -0.2) is 44.7 Å². The van der Waals surface area contributed by atoms with Crippen LogP contribution in [0.25, 0.3) is 0 Å². The number of hydrogen-bond acceptors (Lipinski definition) is 4. The van der Waals surface area contributed by atoms with E-state index < -0.39 is 24.3 Å². The van der Waals surface area contributed by atoms with Gasteiger partial charge < -0.3 is 20.4 Å². The third kappa shape index (κ3) is 10.1. The second-order valence-corrected chi connectivity index (χ2v) is 7.76. The zero-order valence-electron chi connectivity index (χ0n) is 16.7. The van der Waals surface area contributed by atoms with Gasteiger partial charge in [-0.1, -0.05) is 56.9 Å². The normalized spacial score (nSPS) is 27.0. The summed E-state index contributed by atoms with van der Waals surface area (Å²) < 4.78 is 0. The maximum atomic E-state index is 10.5. The number of hydrogen-bond donors (Lipinski definition) is 4. The minimum atomic E-state index is -0.777. The first-order chi connectivity index (χ1) is 13.0. The van der Waals surface area contributed by atoms with Gasteiger partial charge >= 0.3 is 5.97 Å². The monoisotopic (exact) mass is 382 g/mol. The molecule has 27 heavy (non-hydrogen) atoms. The first-order valence-corrected chi connectivity index (χ1v) is 10.5. The van der Waals surface area contributed by atoms with Gasteiger partial charge in [0, 0.05) is 18.8 Å². The molecule has 0 aromatic rings. The van der Waals surface area contributed by atoms with Crippen LogP contribution < -0.4 is 0 Å². The number of carboxylic acid groups (broad SMARTS) is 1. The molecule has 156 valence electrons. The smallest absolute Gasteiger partial charge is 0.303 e. The quantitative estimate of drug-likeness (QED) is 0.270. The van der Waals surface area contributed by atoms with Gasteiger partial charge in [-0.3, -0.25) is 4.79 Å². The fraction of sp³-hybridized carbons (Fsp3) is 0.773. The lowest BCUT2D eigenvalue weighted by molar-refractivity contribution is -0.137. The third-order valence-electron chi connectivity index (χ3n) is 5.42. The van der Waals surface area contributed by atoms with Crippen LogP contribution in [0, 0.1) is 11.8 Å². The summed E-state index contributed by atoms with van der Waals surface area (Å²) in [6.45, 7) is 2.18. The van der Waals surface area contributed by atoms with E-state index >= 15 is 0 Å². The summed E-state index contributed by atoms with van der Waals surface area (Å²) in [7, 11) is 0. The number of aliphatic carboxylic acids is 1. The lowest BCUT2D eigenvalue weighted by Crippen LogP contribution is -2.21. The fourth-order valence-corrected chi connectivity index (χ4v) is 3.81. The van der Waals surface area contributed by atoms with Crippen LogP contribution in [0.4, 0.5) is 0 Å². The lowest BCUT2D eigenvalue weighted by atomic mass is 9.88. The molecule has 0 unspecified atom stereocenters. The molecule has 0 aromatic heterocycles. The molecule has 0 saturated heterocycles. The second kappa shape index (κ2) is 13.9. The highest BCUT2D eigenvalue weighted by Crippen LogP contribution is 2.37. The number of aliphatic hydroxyl groups is 3. The highest BCUT2D eigenvalue weighted by Gasteiger charge is 2.39. The van der Waals surface area contributed by atoms with Gasteiger partial charge in [0.1, 0.15) is 0 Å². The number of carboxylic acids is 1. The Labute approximate surface area is 163 Å². The van der Waals surface area contributed by atoms with E-state index in [2.05, 4.69) is 13.0 Å². The molecular weight excluding hydrogens is 344 g/mol. The molecule has 4 N–H and O–H groups in total. The van der Waals surface area contributed by atoms with Crippen molar-refractivity contribution in [3.63, 3.8) is 0 Å². The summed E-state index contributed by atoms with van der Waals surface area (Å²) in [4.78, 5) is 10.5. The van der Waals surface area contributed by atoms with Crippen LogP contribution in [-0.2, 0) is 4.79 Å². The van der Waals surface area contributed by atoms with Crippen molar-refractivity contribution in [3.8, 4) is 0 Å². The predicted octanol–water partition coefficient (Wildman–Crippen LogP) is 3.82. The molecule has 5 heteroatoms. The van der Waals surface area contributed by atoms with Crippen molar-refractivity contribution in [2.45, 2.75) is 95.9 Å². The highest BCUT2D eigenvalue weighted by atomic mass is 16.4. The van der Waals surface area contributed by atoms with Crippen molar-refractivity contribution in [3.05, 3.63) is 24.3 Å². The maximum absolute atomic E-state index is 10.5. The van der Waals surface area contributed by atoms with Gasteiger partial charge in [-0.15, -0.1) is 0 Å². The molecule has 0 aliphatic heterocycles. The predicted molar refractivity (Wildman–Crippen MR) is 107 cm³/mol. The number of allylic oxidation sites excluding steroid dienone is 1. The molecule has 0 amide bonds. The van der Waals surface area contributed by atoms with Crippen LogP contribution in [0.3, 0.4) is 0 Å². The Kier molecular flexibility index (Phi) is 12.3. The van der Waals surface area contributed by atoms with E-state index in [1.54, 1.807) is 6.08 Å². The summed E-state index contributed by atoms with van der Waals surface area (Å²) in [5.74, 6) is -0.957. The largest absolute Gasteiger partial charge is 0.481 e. The minimum absolute atomic E-state index is 0.0298. The van der Waals surface area contributed by atoms with Crippen molar-refractivity contribution < 1.29 is 25.2 Å². The topological polar surface area (TPSA) is 98.0 Å². The summed E-state index contributed by atoms with van der Waals surface area (Å²) in [6.07, 6.45) is 14.8. The Hall–Kier alpha value is -1.17. The SMILES string of the molecule is CCCCC/C=C\C[C@H](O)/C=C/[C@@H]1[C@H](CCCCCC(=O)O)[C@H](O)C[C@@H]1O. The third-order valence-corrected chi connectivity index (χ3v) is 5.42. The summed E-state index contributed by atoms with van der Waals surface area (Å²) >= 11 is 0. The van der Waals surface area contributed by atoms with Crippen molar-refractivity contribution in [1.82, 2.24) is 0 Å². The van der Waals surface area contributed by atoms with E-state index in [1.165, 1.54) is 19.3 Å². The van der Waals surface area contributed by atoms with Gasteiger partial charge in [0.25, 0.3) is 0 Å². The molecule has 5 atom stereocenters. The number of aliphatic hydroxyl groups excluding tert-OH is 3. The van der Waals surface area contributed by atoms with Crippen LogP contribution in [0.5, 0.6) is 0 Å². The van der Waals surface area contributed by atoms with E-state index in [9.17, 15) is 20.1 Å². The molecular formula is C22H38O5. The summed E-state index contributed by atoms with van der Waals surface area (Å²) in [5, 5.41) is 39.2. The van der Waals surface area contributed by atoms with Crippen molar-refractivity contribution in [2.24, 2.45) is 11.8 Å². The first-order valence-electron chi connectivity index (χ1n) is 10.5. The number of unbranched alkanes of at least 4 members (excludes halogenated alkanes) is 5. The van der Waals surface area contributed by atoms with Gasteiger partial charge in [-0.2, -0.15) is 0 Å². The Bertz CT molecular complexity index is 460. The average Bonchev–Trinajstić information content (AvgIpc) is 2.88. The summed E-state index contributed by atoms with van der Waals surface area (Å²) in [5.41, 5.74) is 0. The minimum Gasteiger partial charge on any atom is -0.481 e. The fourth-order valence-electron chi connectivity index (χ4n) is 3.81. The molecule has 0 bridgehead atoms. The van der Waals surface area contributed by atoms with Crippen LogP contribution in [0.1, 0.15) is 77.6 Å². The van der Waals surface area contributed by atoms with Gasteiger partial charge in [-0.05, 0) is 38.0 Å². The molecule has 5 nitrogen and oxygen atoms in total. The van der Waals surface area contributed by atoms with Gasteiger partial charge in [0.05, 0.1) is 18.3 Å². The summed E-state index contributed by atoms with van der Waals surface area (Å²) in [6, 6.07) is 0. The molecule has 1 aliphatic carbocycles. The molecule has 0 heterocycles. The Balaban J connectivity index is 2.39. The molecule has 1 saturated carbocycles. The lowest BCUT2D eigenvalue weighted by Gasteiger charge is -2.21. The standard InChI is InChI=1S/C22H38O5/c1-2-3-4-5-6-8-11-17(23)14-15-19-18(20(24)16-21(19)25)12-9-7-10-13-22(26)27/h6,8,14-15,17-21,23-25H,2-5,7,9-13,16H2,1H3,(H,26,27)/b8-6-,15-14+/t17-,18-,19+,20+,21-/m0/s1. The number of carbonyl (C=O) groups is 1.